The van der Waals surface area contributed by atoms with Crippen molar-refractivity contribution >= 4 is 18.0 Å². The van der Waals surface area contributed by atoms with E-state index in [4.69, 9.17) is 9.47 Å². The van der Waals surface area contributed by atoms with Crippen LogP contribution in [0.15, 0.2) is 77.6 Å². The van der Waals surface area contributed by atoms with Gasteiger partial charge in [0.25, 0.3) is 5.91 Å². The topological polar surface area (TPSA) is 68.2 Å². The second-order valence-corrected chi connectivity index (χ2v) is 6.10. The predicted octanol–water partition coefficient (Wildman–Crippen LogP) is 3.86. The molecule has 1 aliphatic heterocycles. The van der Waals surface area contributed by atoms with Crippen LogP contribution in [-0.2, 0) is 0 Å². The number of nitrogens with zero attached hydrogens (tertiary/aromatic N) is 2. The van der Waals surface area contributed by atoms with Crippen molar-refractivity contribution in [2.75, 3.05) is 14.2 Å². The monoisotopic (exact) mass is 376 g/mol. The Labute approximate surface area is 163 Å². The van der Waals surface area contributed by atoms with Crippen LogP contribution in [-0.4, -0.2) is 37.1 Å². The van der Waals surface area contributed by atoms with Crippen LogP contribution in [0.5, 0.6) is 11.5 Å². The maximum atomic E-state index is 12.6. The van der Waals surface area contributed by atoms with E-state index in [0.29, 0.717) is 34.0 Å². The fourth-order valence-corrected chi connectivity index (χ4v) is 2.70. The zero-order valence-electron chi connectivity index (χ0n) is 15.7. The zero-order valence-corrected chi connectivity index (χ0v) is 15.7. The van der Waals surface area contributed by atoms with Crippen molar-refractivity contribution in [2.24, 2.45) is 4.99 Å². The highest BCUT2D eigenvalue weighted by atomic mass is 16.5. The van der Waals surface area contributed by atoms with Crippen molar-refractivity contribution in [1.29, 1.82) is 0 Å². The van der Waals surface area contributed by atoms with E-state index in [0.717, 1.165) is 0 Å². The lowest BCUT2D eigenvalue weighted by molar-refractivity contribution is 0.0884. The Morgan fingerprint density at radius 3 is 1.96 bits per heavy atom. The summed E-state index contributed by atoms with van der Waals surface area (Å²) >= 11 is 0. The number of ether oxygens (including phenoxy) is 2. The van der Waals surface area contributed by atoms with Gasteiger partial charge in [0.05, 0.1) is 26.3 Å². The smallest absolute Gasteiger partial charge is 0.263 e. The minimum absolute atomic E-state index is 0.0752. The normalized spacial score (nSPS) is 13.1. The maximum absolute atomic E-state index is 12.6. The van der Waals surface area contributed by atoms with Crippen molar-refractivity contribution in [1.82, 2.24) is 4.90 Å². The van der Waals surface area contributed by atoms with Crippen molar-refractivity contribution in [3.05, 3.63) is 83.7 Å². The van der Waals surface area contributed by atoms with Crippen LogP contribution in [0.1, 0.15) is 27.1 Å². The largest absolute Gasteiger partial charge is 0.497 e. The first-order valence-electron chi connectivity index (χ1n) is 8.60. The third-order valence-electron chi connectivity index (χ3n) is 4.29. The highest BCUT2D eigenvalue weighted by Gasteiger charge is 2.20. The molecule has 28 heavy (non-hydrogen) atoms. The summed E-state index contributed by atoms with van der Waals surface area (Å²) in [6.07, 6.45) is 3.15. The van der Waals surface area contributed by atoms with Gasteiger partial charge in [0.1, 0.15) is 17.8 Å². The van der Waals surface area contributed by atoms with Crippen molar-refractivity contribution < 1.29 is 19.1 Å². The summed E-state index contributed by atoms with van der Waals surface area (Å²) < 4.78 is 10.2. The SMILES string of the molecule is C=C1C=C(CC(=O)c2ccc(OC)cc2)N=CN1C(=O)c1ccc(OC)cc1. The standard InChI is InChI=1S/C22H20N2O4/c1-15-12-18(13-21(25)16-4-8-19(27-2)9-5-16)23-14-24(15)22(26)17-6-10-20(28-3)11-7-17/h4-12,14H,1,13H2,2-3H3. The Morgan fingerprint density at radius 2 is 1.46 bits per heavy atom. The van der Waals surface area contributed by atoms with E-state index in [1.54, 1.807) is 68.8 Å². The second-order valence-electron chi connectivity index (χ2n) is 6.10. The first-order valence-corrected chi connectivity index (χ1v) is 8.60. The molecule has 0 bridgehead atoms. The minimum atomic E-state index is -0.256. The number of ketones is 1. The lowest BCUT2D eigenvalue weighted by Crippen LogP contribution is -2.30. The summed E-state index contributed by atoms with van der Waals surface area (Å²) in [6, 6.07) is 13.7. The number of aliphatic imine (C=N–C) groups is 1. The molecule has 1 aliphatic rings. The van der Waals surface area contributed by atoms with Gasteiger partial charge in [-0.05, 0) is 54.6 Å². The highest BCUT2D eigenvalue weighted by Crippen LogP contribution is 2.21. The van der Waals surface area contributed by atoms with Gasteiger partial charge < -0.3 is 9.47 Å². The number of amides is 1. The summed E-state index contributed by atoms with van der Waals surface area (Å²) in [5, 5.41) is 0. The number of Topliss-reactive ketones (excluding diaryl/α,β-unsaturated/α-hetero) is 1. The van der Waals surface area contributed by atoms with E-state index in [1.807, 2.05) is 0 Å². The molecule has 0 spiro atoms. The van der Waals surface area contributed by atoms with Gasteiger partial charge in [-0.25, -0.2) is 4.99 Å². The molecule has 3 rings (SSSR count). The number of carbonyl (C=O) groups excluding carboxylic acids is 2. The van der Waals surface area contributed by atoms with Crippen LogP contribution in [0.4, 0.5) is 0 Å². The molecular formula is C22H20N2O4. The highest BCUT2D eigenvalue weighted by molar-refractivity contribution is 6.03. The van der Waals surface area contributed by atoms with Gasteiger partial charge in [0, 0.05) is 16.8 Å². The summed E-state index contributed by atoms with van der Waals surface area (Å²) in [6.45, 7) is 3.91. The number of hydrogen-bond acceptors (Lipinski definition) is 5. The van der Waals surface area contributed by atoms with Crippen molar-refractivity contribution in [3.8, 4) is 11.5 Å². The maximum Gasteiger partial charge on any atom is 0.263 e. The fourth-order valence-electron chi connectivity index (χ4n) is 2.70. The van der Waals surface area contributed by atoms with E-state index in [1.165, 1.54) is 11.2 Å². The molecule has 0 aliphatic carbocycles. The summed E-state index contributed by atoms with van der Waals surface area (Å²) in [4.78, 5) is 30.7. The summed E-state index contributed by atoms with van der Waals surface area (Å²) in [5.74, 6) is 1.02. The van der Waals surface area contributed by atoms with Gasteiger partial charge in [0.2, 0.25) is 0 Å². The Balaban J connectivity index is 1.67. The van der Waals surface area contributed by atoms with E-state index < -0.39 is 0 Å². The molecule has 1 heterocycles. The quantitative estimate of drug-likeness (QED) is 0.718. The predicted molar refractivity (Wildman–Crippen MR) is 107 cm³/mol. The van der Waals surface area contributed by atoms with Crippen LogP contribution in [0.25, 0.3) is 0 Å². The molecule has 2 aromatic carbocycles. The molecule has 1 amide bonds. The Morgan fingerprint density at radius 1 is 0.929 bits per heavy atom. The lowest BCUT2D eigenvalue weighted by atomic mass is 10.1. The van der Waals surface area contributed by atoms with Crippen LogP contribution in [0, 0.1) is 0 Å². The average Bonchev–Trinajstić information content (AvgIpc) is 2.73. The number of benzene rings is 2. The molecule has 0 unspecified atom stereocenters. The molecule has 0 atom stereocenters. The Kier molecular flexibility index (Phi) is 5.69. The first-order chi connectivity index (χ1) is 13.5. The van der Waals surface area contributed by atoms with Crippen LogP contribution in [0.2, 0.25) is 0 Å². The van der Waals surface area contributed by atoms with Gasteiger partial charge in [-0.3, -0.25) is 14.5 Å². The minimum Gasteiger partial charge on any atom is -0.497 e. The van der Waals surface area contributed by atoms with Gasteiger partial charge in [-0.15, -0.1) is 0 Å². The molecule has 0 saturated carbocycles. The fraction of sp³-hybridized carbons (Fsp3) is 0.136. The van der Waals surface area contributed by atoms with E-state index in [9.17, 15) is 9.59 Å². The number of carbonyl (C=O) groups is 2. The average molecular weight is 376 g/mol. The van der Waals surface area contributed by atoms with Gasteiger partial charge in [-0.1, -0.05) is 6.58 Å². The van der Waals surface area contributed by atoms with Crippen LogP contribution >= 0.6 is 0 Å². The Hall–Kier alpha value is -3.67. The van der Waals surface area contributed by atoms with Gasteiger partial charge in [0.15, 0.2) is 5.78 Å². The first kappa shape index (κ1) is 19.1. The van der Waals surface area contributed by atoms with Crippen molar-refractivity contribution in [3.63, 3.8) is 0 Å². The van der Waals surface area contributed by atoms with Gasteiger partial charge >= 0.3 is 0 Å². The lowest BCUT2D eigenvalue weighted by Gasteiger charge is -2.22. The van der Waals surface area contributed by atoms with Crippen LogP contribution < -0.4 is 9.47 Å². The van der Waals surface area contributed by atoms with E-state index >= 15 is 0 Å². The molecule has 0 fully saturated rings. The summed E-state index contributed by atoms with van der Waals surface area (Å²) in [7, 11) is 3.14. The molecule has 142 valence electrons. The number of rotatable bonds is 6. The number of methoxy groups -OCH3 is 2. The van der Waals surface area contributed by atoms with E-state index in [-0.39, 0.29) is 18.1 Å². The molecule has 0 saturated heterocycles. The second kappa shape index (κ2) is 8.35. The number of hydrogen-bond donors (Lipinski definition) is 0. The molecule has 6 heteroatoms. The number of allylic oxidation sites excluding steroid dienone is 2. The third-order valence-corrected chi connectivity index (χ3v) is 4.29. The zero-order chi connectivity index (χ0) is 20.1. The third kappa shape index (κ3) is 4.17. The van der Waals surface area contributed by atoms with E-state index in [2.05, 4.69) is 11.6 Å². The molecule has 2 aromatic rings. The van der Waals surface area contributed by atoms with Gasteiger partial charge in [-0.2, -0.15) is 0 Å². The molecular weight excluding hydrogens is 356 g/mol. The van der Waals surface area contributed by atoms with Crippen LogP contribution in [0.3, 0.4) is 0 Å². The Bertz CT molecular complexity index is 957. The molecule has 0 radical (unpaired) electrons. The summed E-state index contributed by atoms with van der Waals surface area (Å²) in [5.41, 5.74) is 2.05. The molecule has 6 nitrogen and oxygen atoms in total. The van der Waals surface area contributed by atoms with Crippen molar-refractivity contribution in [2.45, 2.75) is 6.42 Å². The molecule has 0 N–H and O–H groups in total. The molecule has 0 aromatic heterocycles.